The molecule has 3 aromatic rings. The van der Waals surface area contributed by atoms with Crippen LogP contribution in [0, 0.1) is 5.82 Å². The van der Waals surface area contributed by atoms with Crippen LogP contribution >= 0.6 is 0 Å². The van der Waals surface area contributed by atoms with Crippen molar-refractivity contribution in [3.63, 3.8) is 0 Å². The van der Waals surface area contributed by atoms with Crippen molar-refractivity contribution in [2.75, 3.05) is 7.05 Å². The van der Waals surface area contributed by atoms with Crippen molar-refractivity contribution in [3.8, 4) is 11.4 Å². The highest BCUT2D eigenvalue weighted by Gasteiger charge is 2.13. The first-order valence-corrected chi connectivity index (χ1v) is 6.55. The van der Waals surface area contributed by atoms with Gasteiger partial charge in [-0.1, -0.05) is 18.2 Å². The minimum atomic E-state index is -0.249. The van der Waals surface area contributed by atoms with Crippen LogP contribution in [0.15, 0.2) is 42.5 Å². The zero-order valence-corrected chi connectivity index (χ0v) is 11.5. The van der Waals surface area contributed by atoms with Gasteiger partial charge in [-0.3, -0.25) is 0 Å². The van der Waals surface area contributed by atoms with E-state index in [0.717, 1.165) is 17.6 Å². The molecule has 3 nitrogen and oxygen atoms in total. The molecule has 0 unspecified atom stereocenters. The Morgan fingerprint density at radius 1 is 1.20 bits per heavy atom. The predicted molar refractivity (Wildman–Crippen MR) is 78.9 cm³/mol. The van der Waals surface area contributed by atoms with E-state index in [1.807, 2.05) is 36.9 Å². The summed E-state index contributed by atoms with van der Waals surface area (Å²) in [6, 6.07) is 12.8. The van der Waals surface area contributed by atoms with Crippen LogP contribution in [-0.2, 0) is 13.6 Å². The summed E-state index contributed by atoms with van der Waals surface area (Å²) in [6.45, 7) is 0.802. The highest BCUT2D eigenvalue weighted by molar-refractivity contribution is 5.81. The third kappa shape index (κ3) is 2.08. The summed E-state index contributed by atoms with van der Waals surface area (Å²) in [5.74, 6) is 0.404. The van der Waals surface area contributed by atoms with Crippen molar-refractivity contribution in [2.45, 2.75) is 6.54 Å². The van der Waals surface area contributed by atoms with Gasteiger partial charge in [0.05, 0.1) is 16.6 Å². The Morgan fingerprint density at radius 2 is 2.00 bits per heavy atom. The van der Waals surface area contributed by atoms with E-state index >= 15 is 0 Å². The van der Waals surface area contributed by atoms with E-state index in [1.54, 1.807) is 12.1 Å². The van der Waals surface area contributed by atoms with Crippen LogP contribution in [0.5, 0.6) is 0 Å². The van der Waals surface area contributed by atoms with Gasteiger partial charge in [-0.2, -0.15) is 0 Å². The quantitative estimate of drug-likeness (QED) is 0.792. The minimum Gasteiger partial charge on any atom is -0.327 e. The Balaban J connectivity index is 2.18. The summed E-state index contributed by atoms with van der Waals surface area (Å²) >= 11 is 0. The fourth-order valence-electron chi connectivity index (χ4n) is 2.43. The van der Waals surface area contributed by atoms with E-state index in [2.05, 4.69) is 16.4 Å². The van der Waals surface area contributed by atoms with Crippen LogP contribution in [0.2, 0.25) is 0 Å². The second-order valence-corrected chi connectivity index (χ2v) is 4.83. The first-order valence-electron chi connectivity index (χ1n) is 6.55. The van der Waals surface area contributed by atoms with Crippen LogP contribution in [0.25, 0.3) is 22.4 Å². The van der Waals surface area contributed by atoms with Gasteiger partial charge in [0, 0.05) is 13.6 Å². The molecule has 20 heavy (non-hydrogen) atoms. The molecule has 1 aromatic heterocycles. The van der Waals surface area contributed by atoms with Gasteiger partial charge < -0.3 is 9.88 Å². The molecule has 0 saturated heterocycles. The van der Waals surface area contributed by atoms with Crippen molar-refractivity contribution < 1.29 is 4.39 Å². The van der Waals surface area contributed by atoms with Crippen molar-refractivity contribution >= 4 is 11.0 Å². The number of aromatic nitrogens is 2. The number of aryl methyl sites for hydroxylation is 1. The van der Waals surface area contributed by atoms with Gasteiger partial charge in [0.1, 0.15) is 11.6 Å². The van der Waals surface area contributed by atoms with E-state index in [1.165, 1.54) is 11.6 Å². The molecule has 0 amide bonds. The SMILES string of the molecule is CNCc1ccc2nc(-c3ccccc3F)n(C)c2c1. The minimum absolute atomic E-state index is 0.249. The first kappa shape index (κ1) is 12.8. The molecule has 0 fully saturated rings. The molecule has 102 valence electrons. The third-order valence-corrected chi connectivity index (χ3v) is 3.44. The number of halogens is 1. The topological polar surface area (TPSA) is 29.9 Å². The van der Waals surface area contributed by atoms with E-state index in [4.69, 9.17) is 0 Å². The van der Waals surface area contributed by atoms with Crippen LogP contribution in [-0.4, -0.2) is 16.6 Å². The highest BCUT2D eigenvalue weighted by Crippen LogP contribution is 2.26. The number of nitrogens with one attached hydrogen (secondary N) is 1. The molecule has 0 aliphatic carbocycles. The van der Waals surface area contributed by atoms with Gasteiger partial charge in [-0.15, -0.1) is 0 Å². The van der Waals surface area contributed by atoms with Gasteiger partial charge in [-0.25, -0.2) is 9.37 Å². The van der Waals surface area contributed by atoms with Gasteiger partial charge in [0.2, 0.25) is 0 Å². The van der Waals surface area contributed by atoms with E-state index in [9.17, 15) is 4.39 Å². The van der Waals surface area contributed by atoms with Crippen LogP contribution in [0.1, 0.15) is 5.56 Å². The smallest absolute Gasteiger partial charge is 0.143 e. The second-order valence-electron chi connectivity index (χ2n) is 4.83. The van der Waals surface area contributed by atoms with E-state index < -0.39 is 0 Å². The van der Waals surface area contributed by atoms with Crippen molar-refractivity contribution in [3.05, 3.63) is 53.8 Å². The van der Waals surface area contributed by atoms with Crippen LogP contribution in [0.4, 0.5) is 4.39 Å². The molecular weight excluding hydrogens is 253 g/mol. The largest absolute Gasteiger partial charge is 0.327 e. The Hall–Kier alpha value is -2.20. The Morgan fingerprint density at radius 3 is 2.75 bits per heavy atom. The molecule has 2 aromatic carbocycles. The number of nitrogens with zero attached hydrogens (tertiary/aromatic N) is 2. The molecule has 0 bridgehead atoms. The molecule has 0 aliphatic heterocycles. The number of hydrogen-bond acceptors (Lipinski definition) is 2. The summed E-state index contributed by atoms with van der Waals surface area (Å²) in [6.07, 6.45) is 0. The zero-order chi connectivity index (χ0) is 14.1. The normalized spacial score (nSPS) is 11.2. The monoisotopic (exact) mass is 269 g/mol. The third-order valence-electron chi connectivity index (χ3n) is 3.44. The average molecular weight is 269 g/mol. The van der Waals surface area contributed by atoms with Gasteiger partial charge in [0.15, 0.2) is 0 Å². The lowest BCUT2D eigenvalue weighted by Gasteiger charge is -2.04. The summed E-state index contributed by atoms with van der Waals surface area (Å²) in [5, 5.41) is 3.13. The molecule has 0 radical (unpaired) electrons. The van der Waals surface area contributed by atoms with Gasteiger partial charge in [-0.05, 0) is 36.9 Å². The first-order chi connectivity index (χ1) is 9.70. The van der Waals surface area contributed by atoms with Gasteiger partial charge in [0.25, 0.3) is 0 Å². The maximum absolute atomic E-state index is 13.9. The van der Waals surface area contributed by atoms with Crippen LogP contribution in [0.3, 0.4) is 0 Å². The van der Waals surface area contributed by atoms with Gasteiger partial charge >= 0.3 is 0 Å². The predicted octanol–water partition coefficient (Wildman–Crippen LogP) is 3.10. The number of rotatable bonds is 3. The fourth-order valence-corrected chi connectivity index (χ4v) is 2.43. The lowest BCUT2D eigenvalue weighted by molar-refractivity contribution is 0.629. The standard InChI is InChI=1S/C16H16FN3/c1-18-10-11-7-8-14-15(9-11)20(2)16(19-14)12-5-3-4-6-13(12)17/h3-9,18H,10H2,1-2H3. The molecule has 1 heterocycles. The molecule has 0 atom stereocenters. The highest BCUT2D eigenvalue weighted by atomic mass is 19.1. The molecule has 4 heteroatoms. The summed E-state index contributed by atoms with van der Waals surface area (Å²) < 4.78 is 15.9. The summed E-state index contributed by atoms with van der Waals surface area (Å²) in [5.41, 5.74) is 3.60. The fraction of sp³-hybridized carbons (Fsp3) is 0.188. The Labute approximate surface area is 117 Å². The number of fused-ring (bicyclic) bond motifs is 1. The molecule has 3 rings (SSSR count). The number of hydrogen-bond donors (Lipinski definition) is 1. The Kier molecular flexibility index (Phi) is 3.24. The molecule has 0 spiro atoms. The lowest BCUT2D eigenvalue weighted by Crippen LogP contribution is -2.04. The molecule has 1 N–H and O–H groups in total. The number of benzene rings is 2. The molecular formula is C16H16FN3. The Bertz CT molecular complexity index is 762. The zero-order valence-electron chi connectivity index (χ0n) is 11.5. The van der Waals surface area contributed by atoms with E-state index in [0.29, 0.717) is 11.4 Å². The van der Waals surface area contributed by atoms with Crippen molar-refractivity contribution in [1.29, 1.82) is 0 Å². The maximum Gasteiger partial charge on any atom is 0.143 e. The molecule has 0 saturated carbocycles. The van der Waals surface area contributed by atoms with Crippen LogP contribution < -0.4 is 5.32 Å². The van der Waals surface area contributed by atoms with Crippen molar-refractivity contribution in [1.82, 2.24) is 14.9 Å². The summed E-state index contributed by atoms with van der Waals surface area (Å²) in [7, 11) is 3.83. The van der Waals surface area contributed by atoms with E-state index in [-0.39, 0.29) is 5.82 Å². The summed E-state index contributed by atoms with van der Waals surface area (Å²) in [4.78, 5) is 4.55. The molecule has 0 aliphatic rings. The lowest BCUT2D eigenvalue weighted by atomic mass is 10.2. The van der Waals surface area contributed by atoms with Crippen molar-refractivity contribution in [2.24, 2.45) is 7.05 Å². The number of imidazole rings is 1. The maximum atomic E-state index is 13.9. The average Bonchev–Trinajstić information content (AvgIpc) is 2.77. The second kappa shape index (κ2) is 5.06.